The van der Waals surface area contributed by atoms with Crippen LogP contribution in [-0.4, -0.2) is 51.4 Å². The zero-order valence-electron chi connectivity index (χ0n) is 12.1. The van der Waals surface area contributed by atoms with Crippen LogP contribution in [0.3, 0.4) is 0 Å². The quantitative estimate of drug-likeness (QED) is 0.612. The molecule has 0 amide bonds. The van der Waals surface area contributed by atoms with Gasteiger partial charge in [0.2, 0.25) is 5.79 Å². The van der Waals surface area contributed by atoms with Gasteiger partial charge in [-0.05, 0) is 29.7 Å². The number of aliphatic hydroxyl groups is 4. The molecule has 0 aromatic heterocycles. The highest BCUT2D eigenvalue weighted by Gasteiger charge is 2.58. The molecule has 0 unspecified atom stereocenters. The number of fused-ring (bicyclic) bond motifs is 2. The molecule has 0 radical (unpaired) electrons. The Morgan fingerprint density at radius 1 is 1.27 bits per heavy atom. The molecule has 7 heteroatoms. The van der Waals surface area contributed by atoms with Crippen LogP contribution in [0.5, 0.6) is 0 Å². The van der Waals surface area contributed by atoms with E-state index in [9.17, 15) is 20.4 Å². The number of ether oxygens (including phenoxy) is 2. The number of hydrogen-bond acceptors (Lipinski definition) is 6. The van der Waals surface area contributed by atoms with Gasteiger partial charge in [-0.1, -0.05) is 18.5 Å². The highest BCUT2D eigenvalue weighted by molar-refractivity contribution is 6.31. The molecule has 22 heavy (non-hydrogen) atoms. The van der Waals surface area contributed by atoms with Crippen LogP contribution >= 0.6 is 11.6 Å². The summed E-state index contributed by atoms with van der Waals surface area (Å²) in [5.74, 6) is -1.60. The minimum Gasteiger partial charge on any atom is -0.394 e. The van der Waals surface area contributed by atoms with E-state index < -0.39 is 36.8 Å². The number of rotatable bonds is 2. The van der Waals surface area contributed by atoms with E-state index in [4.69, 9.17) is 21.1 Å². The highest BCUT2D eigenvalue weighted by Crippen LogP contribution is 2.46. The molecule has 1 aromatic carbocycles. The zero-order chi connectivity index (χ0) is 16.1. The van der Waals surface area contributed by atoms with E-state index in [2.05, 4.69) is 0 Å². The molecule has 3 rings (SSSR count). The maximum Gasteiger partial charge on any atom is 0.225 e. The molecule has 1 aromatic rings. The van der Waals surface area contributed by atoms with Crippen LogP contribution in [-0.2, 0) is 28.3 Å². The van der Waals surface area contributed by atoms with Crippen LogP contribution in [0.2, 0.25) is 5.02 Å². The van der Waals surface area contributed by atoms with E-state index in [0.717, 1.165) is 11.1 Å². The molecular weight excluding hydrogens is 312 g/mol. The van der Waals surface area contributed by atoms with E-state index in [-0.39, 0.29) is 6.61 Å². The van der Waals surface area contributed by atoms with Crippen LogP contribution < -0.4 is 0 Å². The van der Waals surface area contributed by atoms with Crippen molar-refractivity contribution in [2.45, 2.75) is 50.2 Å². The SMILES string of the molecule is CCc1cc2c(cc1Cl)CO[C@]21O[C@H](CO)[C@@H](O)[C@H](O)[C@H]1O. The first kappa shape index (κ1) is 16.1. The first-order valence-corrected chi connectivity index (χ1v) is 7.61. The molecule has 6 nitrogen and oxygen atoms in total. The van der Waals surface area contributed by atoms with Crippen molar-refractivity contribution in [2.75, 3.05) is 6.61 Å². The van der Waals surface area contributed by atoms with Gasteiger partial charge in [-0.3, -0.25) is 0 Å². The van der Waals surface area contributed by atoms with Crippen LogP contribution in [0.25, 0.3) is 0 Å². The van der Waals surface area contributed by atoms with Crippen molar-refractivity contribution in [2.24, 2.45) is 0 Å². The minimum atomic E-state index is -1.60. The van der Waals surface area contributed by atoms with E-state index in [1.807, 2.05) is 6.92 Å². The van der Waals surface area contributed by atoms with Gasteiger partial charge >= 0.3 is 0 Å². The number of aryl methyl sites for hydroxylation is 1. The van der Waals surface area contributed by atoms with Crippen LogP contribution in [0.15, 0.2) is 12.1 Å². The smallest absolute Gasteiger partial charge is 0.225 e. The Morgan fingerprint density at radius 3 is 2.64 bits per heavy atom. The Labute approximate surface area is 132 Å². The average molecular weight is 331 g/mol. The molecule has 2 aliphatic rings. The minimum absolute atomic E-state index is 0.164. The molecule has 4 N–H and O–H groups in total. The van der Waals surface area contributed by atoms with Crippen molar-refractivity contribution in [1.82, 2.24) is 0 Å². The molecule has 2 heterocycles. The van der Waals surface area contributed by atoms with Crippen molar-refractivity contribution in [1.29, 1.82) is 0 Å². The number of benzene rings is 1. The van der Waals surface area contributed by atoms with Crippen molar-refractivity contribution in [3.63, 3.8) is 0 Å². The molecular formula is C15H19ClO6. The average Bonchev–Trinajstić information content (AvgIpc) is 2.86. The molecule has 0 saturated carbocycles. The molecule has 0 bridgehead atoms. The van der Waals surface area contributed by atoms with Gasteiger partial charge in [0, 0.05) is 10.6 Å². The van der Waals surface area contributed by atoms with Gasteiger partial charge in [-0.15, -0.1) is 0 Å². The fraction of sp³-hybridized carbons (Fsp3) is 0.600. The molecule has 5 atom stereocenters. The largest absolute Gasteiger partial charge is 0.394 e. The summed E-state index contributed by atoms with van der Waals surface area (Å²) in [5.41, 5.74) is 2.19. The predicted octanol–water partition coefficient (Wildman–Crippen LogP) is 0.0592. The summed E-state index contributed by atoms with van der Waals surface area (Å²) in [4.78, 5) is 0. The van der Waals surface area contributed by atoms with Gasteiger partial charge < -0.3 is 29.9 Å². The lowest BCUT2D eigenvalue weighted by atomic mass is 9.87. The van der Waals surface area contributed by atoms with Crippen molar-refractivity contribution >= 4 is 11.6 Å². The Balaban J connectivity index is 2.09. The summed E-state index contributed by atoms with van der Waals surface area (Å²) < 4.78 is 11.3. The zero-order valence-corrected chi connectivity index (χ0v) is 12.8. The van der Waals surface area contributed by atoms with Gasteiger partial charge in [0.25, 0.3) is 0 Å². The molecule has 122 valence electrons. The van der Waals surface area contributed by atoms with Gasteiger partial charge in [0.15, 0.2) is 0 Å². The van der Waals surface area contributed by atoms with E-state index in [1.165, 1.54) is 0 Å². The van der Waals surface area contributed by atoms with Crippen LogP contribution in [0.1, 0.15) is 23.6 Å². The second kappa shape index (κ2) is 5.72. The van der Waals surface area contributed by atoms with Gasteiger partial charge in [-0.25, -0.2) is 0 Å². The monoisotopic (exact) mass is 330 g/mol. The lowest BCUT2D eigenvalue weighted by Gasteiger charge is -2.46. The maximum absolute atomic E-state index is 10.4. The van der Waals surface area contributed by atoms with E-state index in [0.29, 0.717) is 17.0 Å². The molecule has 1 fully saturated rings. The Bertz CT molecular complexity index is 577. The van der Waals surface area contributed by atoms with Crippen LogP contribution in [0, 0.1) is 0 Å². The fourth-order valence-electron chi connectivity index (χ4n) is 3.12. The summed E-state index contributed by atoms with van der Waals surface area (Å²) in [6, 6.07) is 3.54. The number of halogens is 1. The van der Waals surface area contributed by atoms with E-state index in [1.54, 1.807) is 12.1 Å². The fourth-order valence-corrected chi connectivity index (χ4v) is 3.44. The number of hydrogen-bond donors (Lipinski definition) is 4. The van der Waals surface area contributed by atoms with Gasteiger partial charge in [-0.2, -0.15) is 0 Å². The maximum atomic E-state index is 10.4. The van der Waals surface area contributed by atoms with Crippen molar-refractivity contribution in [3.05, 3.63) is 33.8 Å². The third kappa shape index (κ3) is 2.18. The summed E-state index contributed by atoms with van der Waals surface area (Å²) >= 11 is 6.19. The third-order valence-electron chi connectivity index (χ3n) is 4.42. The predicted molar refractivity (Wildman–Crippen MR) is 77.3 cm³/mol. The first-order valence-electron chi connectivity index (χ1n) is 7.23. The van der Waals surface area contributed by atoms with E-state index >= 15 is 0 Å². The van der Waals surface area contributed by atoms with Crippen LogP contribution in [0.4, 0.5) is 0 Å². The van der Waals surface area contributed by atoms with Gasteiger partial charge in [0.05, 0.1) is 13.2 Å². The van der Waals surface area contributed by atoms with Crippen molar-refractivity contribution < 1.29 is 29.9 Å². The summed E-state index contributed by atoms with van der Waals surface area (Å²) in [5, 5.41) is 40.3. The topological polar surface area (TPSA) is 99.4 Å². The second-order valence-electron chi connectivity index (χ2n) is 5.68. The summed E-state index contributed by atoms with van der Waals surface area (Å²) in [6.07, 6.45) is -4.72. The lowest BCUT2D eigenvalue weighted by molar-refractivity contribution is -0.368. The summed E-state index contributed by atoms with van der Waals surface area (Å²) in [7, 11) is 0. The molecule has 1 spiro atoms. The molecule has 0 aliphatic carbocycles. The highest BCUT2D eigenvalue weighted by atomic mass is 35.5. The standard InChI is InChI=1S/C15H19ClO6/c1-2-7-3-9-8(4-10(7)16)6-21-15(9)14(20)13(19)12(18)11(5-17)22-15/h3-4,11-14,17-20H,2,5-6H2,1H3/t11-,12-,13+,14-,15+/m1/s1. The molecule has 1 saturated heterocycles. The first-order chi connectivity index (χ1) is 10.4. The molecule has 2 aliphatic heterocycles. The second-order valence-corrected chi connectivity index (χ2v) is 6.08. The Morgan fingerprint density at radius 2 is 2.00 bits per heavy atom. The Kier molecular flexibility index (Phi) is 4.20. The lowest BCUT2D eigenvalue weighted by Crippen LogP contribution is -2.63. The Hall–Kier alpha value is -0.730. The number of aliphatic hydroxyl groups excluding tert-OH is 4. The third-order valence-corrected chi connectivity index (χ3v) is 4.77. The summed E-state index contributed by atoms with van der Waals surface area (Å²) in [6.45, 7) is 1.61. The van der Waals surface area contributed by atoms with Crippen molar-refractivity contribution in [3.8, 4) is 0 Å². The normalized spacial score (nSPS) is 37.5. The van der Waals surface area contributed by atoms with Gasteiger partial charge in [0.1, 0.15) is 24.4 Å².